The average molecular weight is 367 g/mol. The van der Waals surface area contributed by atoms with Crippen molar-refractivity contribution in [1.29, 1.82) is 0 Å². The summed E-state index contributed by atoms with van der Waals surface area (Å²) in [5.41, 5.74) is 1.05. The van der Waals surface area contributed by atoms with Crippen LogP contribution in [0.15, 0.2) is 47.1 Å². The van der Waals surface area contributed by atoms with E-state index in [9.17, 15) is 14.4 Å². The third kappa shape index (κ3) is 3.86. The van der Waals surface area contributed by atoms with Crippen molar-refractivity contribution in [3.8, 4) is 0 Å². The van der Waals surface area contributed by atoms with Gasteiger partial charge in [-0.2, -0.15) is 0 Å². The van der Waals surface area contributed by atoms with Gasteiger partial charge in [0.2, 0.25) is 5.91 Å². The van der Waals surface area contributed by atoms with Gasteiger partial charge in [-0.25, -0.2) is 0 Å². The van der Waals surface area contributed by atoms with Crippen molar-refractivity contribution in [2.75, 3.05) is 11.9 Å². The molecular weight excluding hydrogens is 346 g/mol. The van der Waals surface area contributed by atoms with Crippen LogP contribution in [-0.4, -0.2) is 41.2 Å². The van der Waals surface area contributed by atoms with E-state index in [1.807, 2.05) is 0 Å². The number of anilines is 1. The molecule has 140 valence electrons. The van der Waals surface area contributed by atoms with E-state index in [-0.39, 0.29) is 29.5 Å². The summed E-state index contributed by atoms with van der Waals surface area (Å²) in [5, 5.41) is 5.76. The molecule has 2 aromatic rings. The Morgan fingerprint density at radius 2 is 1.93 bits per heavy atom. The van der Waals surface area contributed by atoms with E-state index in [2.05, 4.69) is 10.6 Å². The number of furan rings is 1. The SMILES string of the molecule is O=C(NC1CC1)c1cccc(NC(=O)[C@@H]2CCCN2C(=O)c2ccco2)c1. The third-order valence-electron chi connectivity index (χ3n) is 4.85. The van der Waals surface area contributed by atoms with Crippen molar-refractivity contribution in [3.05, 3.63) is 54.0 Å². The smallest absolute Gasteiger partial charge is 0.290 e. The largest absolute Gasteiger partial charge is 0.459 e. The van der Waals surface area contributed by atoms with Crippen LogP contribution >= 0.6 is 0 Å². The Morgan fingerprint density at radius 1 is 1.07 bits per heavy atom. The van der Waals surface area contributed by atoms with Crippen molar-refractivity contribution < 1.29 is 18.8 Å². The second-order valence-electron chi connectivity index (χ2n) is 6.95. The molecule has 2 N–H and O–H groups in total. The zero-order chi connectivity index (χ0) is 18.8. The Morgan fingerprint density at radius 3 is 2.67 bits per heavy atom. The maximum Gasteiger partial charge on any atom is 0.290 e. The van der Waals surface area contributed by atoms with Gasteiger partial charge < -0.3 is 20.0 Å². The van der Waals surface area contributed by atoms with Gasteiger partial charge in [-0.1, -0.05) is 6.07 Å². The normalized spacial score (nSPS) is 19.0. The van der Waals surface area contributed by atoms with E-state index in [0.29, 0.717) is 24.2 Å². The van der Waals surface area contributed by atoms with Crippen molar-refractivity contribution in [2.24, 2.45) is 0 Å². The number of hydrogen-bond donors (Lipinski definition) is 2. The number of hydrogen-bond acceptors (Lipinski definition) is 4. The van der Waals surface area contributed by atoms with Gasteiger partial charge in [-0.15, -0.1) is 0 Å². The van der Waals surface area contributed by atoms with Crippen LogP contribution in [0.3, 0.4) is 0 Å². The van der Waals surface area contributed by atoms with Crippen LogP contribution in [0.5, 0.6) is 0 Å². The third-order valence-corrected chi connectivity index (χ3v) is 4.85. The van der Waals surface area contributed by atoms with Gasteiger partial charge in [0.25, 0.3) is 11.8 Å². The first-order valence-electron chi connectivity index (χ1n) is 9.18. The number of carbonyl (C=O) groups excluding carboxylic acids is 3. The van der Waals surface area contributed by atoms with Crippen LogP contribution in [0.25, 0.3) is 0 Å². The molecule has 1 saturated carbocycles. The molecule has 4 rings (SSSR count). The lowest BCUT2D eigenvalue weighted by molar-refractivity contribution is -0.119. The average Bonchev–Trinajstić information content (AvgIpc) is 3.16. The van der Waals surface area contributed by atoms with Crippen LogP contribution in [0.4, 0.5) is 5.69 Å². The molecule has 1 aliphatic carbocycles. The maximum absolute atomic E-state index is 12.7. The van der Waals surface area contributed by atoms with E-state index in [1.165, 1.54) is 11.2 Å². The van der Waals surface area contributed by atoms with E-state index < -0.39 is 6.04 Å². The number of nitrogens with one attached hydrogen (secondary N) is 2. The summed E-state index contributed by atoms with van der Waals surface area (Å²) in [6, 6.07) is 9.81. The fraction of sp³-hybridized carbons (Fsp3) is 0.350. The number of rotatable bonds is 5. The van der Waals surface area contributed by atoms with Crippen LogP contribution in [0.1, 0.15) is 46.6 Å². The molecule has 1 aromatic carbocycles. The molecule has 1 saturated heterocycles. The molecule has 1 aliphatic heterocycles. The molecule has 0 radical (unpaired) electrons. The molecule has 0 unspecified atom stereocenters. The summed E-state index contributed by atoms with van der Waals surface area (Å²) in [6.07, 6.45) is 4.83. The zero-order valence-corrected chi connectivity index (χ0v) is 14.8. The van der Waals surface area contributed by atoms with Crippen LogP contribution in [-0.2, 0) is 4.79 Å². The van der Waals surface area contributed by atoms with Gasteiger partial charge in [0.05, 0.1) is 6.26 Å². The van der Waals surface area contributed by atoms with Crippen LogP contribution in [0.2, 0.25) is 0 Å². The van der Waals surface area contributed by atoms with Gasteiger partial charge in [0, 0.05) is 23.8 Å². The summed E-state index contributed by atoms with van der Waals surface area (Å²) in [5.74, 6) is -0.445. The summed E-state index contributed by atoms with van der Waals surface area (Å²) in [4.78, 5) is 39.0. The van der Waals surface area contributed by atoms with Gasteiger partial charge in [0.1, 0.15) is 6.04 Å². The molecule has 0 spiro atoms. The van der Waals surface area contributed by atoms with Crippen molar-refractivity contribution in [3.63, 3.8) is 0 Å². The highest BCUT2D eigenvalue weighted by molar-refractivity contribution is 6.01. The number of benzene rings is 1. The number of carbonyl (C=O) groups is 3. The number of amides is 3. The lowest BCUT2D eigenvalue weighted by Gasteiger charge is -2.23. The molecule has 27 heavy (non-hydrogen) atoms. The molecule has 7 heteroatoms. The minimum atomic E-state index is -0.549. The zero-order valence-electron chi connectivity index (χ0n) is 14.8. The molecule has 1 atom stereocenters. The Balaban J connectivity index is 1.43. The number of nitrogens with zero attached hydrogens (tertiary/aromatic N) is 1. The molecular formula is C20H21N3O4. The highest BCUT2D eigenvalue weighted by Gasteiger charge is 2.35. The molecule has 3 amide bonds. The van der Waals surface area contributed by atoms with Crippen molar-refractivity contribution in [1.82, 2.24) is 10.2 Å². The fourth-order valence-corrected chi connectivity index (χ4v) is 3.28. The minimum absolute atomic E-state index is 0.135. The summed E-state index contributed by atoms with van der Waals surface area (Å²) >= 11 is 0. The van der Waals surface area contributed by atoms with E-state index in [0.717, 1.165) is 19.3 Å². The van der Waals surface area contributed by atoms with Crippen molar-refractivity contribution in [2.45, 2.75) is 37.8 Å². The molecule has 2 heterocycles. The first-order chi connectivity index (χ1) is 13.1. The first-order valence-corrected chi connectivity index (χ1v) is 9.18. The predicted octanol–water partition coefficient (Wildman–Crippen LogP) is 2.42. The summed E-state index contributed by atoms with van der Waals surface area (Å²) in [6.45, 7) is 0.515. The molecule has 0 bridgehead atoms. The summed E-state index contributed by atoms with van der Waals surface area (Å²) in [7, 11) is 0. The van der Waals surface area contributed by atoms with Gasteiger partial charge in [0.15, 0.2) is 5.76 Å². The van der Waals surface area contributed by atoms with Crippen LogP contribution in [0, 0.1) is 0 Å². The van der Waals surface area contributed by atoms with Crippen LogP contribution < -0.4 is 10.6 Å². The Kier molecular flexibility index (Phi) is 4.66. The molecule has 1 aromatic heterocycles. The lowest BCUT2D eigenvalue weighted by atomic mass is 10.1. The highest BCUT2D eigenvalue weighted by atomic mass is 16.3. The highest BCUT2D eigenvalue weighted by Crippen LogP contribution is 2.23. The van der Waals surface area contributed by atoms with E-state index >= 15 is 0 Å². The molecule has 2 fully saturated rings. The van der Waals surface area contributed by atoms with E-state index in [1.54, 1.807) is 36.4 Å². The Hall–Kier alpha value is -3.09. The second kappa shape index (κ2) is 7.26. The monoisotopic (exact) mass is 367 g/mol. The first kappa shape index (κ1) is 17.3. The topological polar surface area (TPSA) is 91.7 Å². The van der Waals surface area contributed by atoms with Gasteiger partial charge in [-0.3, -0.25) is 14.4 Å². The predicted molar refractivity (Wildman–Crippen MR) is 98.3 cm³/mol. The molecule has 2 aliphatic rings. The van der Waals surface area contributed by atoms with Crippen molar-refractivity contribution >= 4 is 23.4 Å². The maximum atomic E-state index is 12.7. The summed E-state index contributed by atoms with van der Waals surface area (Å²) < 4.78 is 5.17. The second-order valence-corrected chi connectivity index (χ2v) is 6.95. The van der Waals surface area contributed by atoms with Gasteiger partial charge >= 0.3 is 0 Å². The lowest BCUT2D eigenvalue weighted by Crippen LogP contribution is -2.43. The number of likely N-dealkylation sites (tertiary alicyclic amines) is 1. The fourth-order valence-electron chi connectivity index (χ4n) is 3.28. The quantitative estimate of drug-likeness (QED) is 0.849. The Bertz CT molecular complexity index is 858. The van der Waals surface area contributed by atoms with E-state index in [4.69, 9.17) is 4.42 Å². The standard InChI is InChI=1S/C20H21N3O4/c24-18(21-14-8-9-14)13-4-1-5-15(12-13)22-19(25)16-6-2-10-23(16)20(26)17-7-3-11-27-17/h1,3-5,7,11-12,14,16H,2,6,8-10H2,(H,21,24)(H,22,25)/t16-/m0/s1. The van der Waals surface area contributed by atoms with Gasteiger partial charge in [-0.05, 0) is 56.0 Å². The Labute approximate surface area is 156 Å². The minimum Gasteiger partial charge on any atom is -0.459 e. The molecule has 7 nitrogen and oxygen atoms in total.